The van der Waals surface area contributed by atoms with Crippen LogP contribution < -0.4 is 5.43 Å². The Kier molecular flexibility index (Phi) is 2.98. The molecule has 2 aromatic rings. The van der Waals surface area contributed by atoms with E-state index in [4.69, 9.17) is 4.42 Å². The van der Waals surface area contributed by atoms with E-state index in [-0.39, 0.29) is 11.1 Å². The molecule has 0 aliphatic rings. The van der Waals surface area contributed by atoms with Crippen LogP contribution in [0.25, 0.3) is 11.0 Å². The molecule has 3 nitrogen and oxygen atoms in total. The second-order valence-corrected chi connectivity index (χ2v) is 4.09. The second kappa shape index (κ2) is 4.25. The van der Waals surface area contributed by atoms with Gasteiger partial charge in [0.1, 0.15) is 0 Å². The first kappa shape index (κ1) is 10.5. The number of benzene rings is 1. The predicted octanol–water partition coefficient (Wildman–Crippen LogP) is 2.26. The van der Waals surface area contributed by atoms with E-state index < -0.39 is 0 Å². The standard InChI is InChI=1S/C10H4BrNO2Se/c11-6-1-2-9-7(3-6)10(13)8(4-14-9)12-5-15/h1-4H. The summed E-state index contributed by atoms with van der Waals surface area (Å²) >= 11 is 5.77. The molecule has 0 saturated carbocycles. The van der Waals surface area contributed by atoms with Gasteiger partial charge in [-0.2, -0.15) is 0 Å². The molecule has 0 aliphatic carbocycles. The SMILES string of the molecule is O=c1c(N=C=[Se])coc2ccc(Br)cc12. The Balaban J connectivity index is 2.88. The van der Waals surface area contributed by atoms with Crippen molar-refractivity contribution in [2.24, 2.45) is 4.99 Å². The minimum absolute atomic E-state index is 0.166. The first-order valence-electron chi connectivity index (χ1n) is 4.01. The zero-order valence-corrected chi connectivity index (χ0v) is 10.7. The molecule has 2 rings (SSSR count). The Bertz CT molecular complexity index is 629. The molecular weight excluding hydrogens is 325 g/mol. The predicted molar refractivity (Wildman–Crippen MR) is 63.0 cm³/mol. The maximum atomic E-state index is 11.8. The van der Waals surface area contributed by atoms with Crippen LogP contribution in [0, 0.1) is 0 Å². The van der Waals surface area contributed by atoms with Crippen LogP contribution in [0.4, 0.5) is 5.69 Å². The summed E-state index contributed by atoms with van der Waals surface area (Å²) in [6.45, 7) is 0. The van der Waals surface area contributed by atoms with Crippen LogP contribution >= 0.6 is 15.9 Å². The Morgan fingerprint density at radius 3 is 3.00 bits per heavy atom. The molecular formula is C10H4BrNO2Se. The van der Waals surface area contributed by atoms with Crippen molar-refractivity contribution >= 4 is 52.9 Å². The number of hydrogen-bond acceptors (Lipinski definition) is 3. The number of hydrogen-bond donors (Lipinski definition) is 0. The van der Waals surface area contributed by atoms with Gasteiger partial charge in [-0.3, -0.25) is 0 Å². The molecule has 15 heavy (non-hydrogen) atoms. The van der Waals surface area contributed by atoms with Crippen LogP contribution in [0.5, 0.6) is 0 Å². The normalized spacial score (nSPS) is 9.93. The Morgan fingerprint density at radius 1 is 1.47 bits per heavy atom. The van der Waals surface area contributed by atoms with Crippen molar-refractivity contribution in [2.75, 3.05) is 0 Å². The van der Waals surface area contributed by atoms with Crippen LogP contribution in [-0.4, -0.2) is 20.3 Å². The summed E-state index contributed by atoms with van der Waals surface area (Å²) in [7, 11) is 0. The van der Waals surface area contributed by atoms with Crippen LogP contribution in [0.2, 0.25) is 0 Å². The summed E-state index contributed by atoms with van der Waals surface area (Å²) in [5.41, 5.74) is 0.613. The summed E-state index contributed by atoms with van der Waals surface area (Å²) in [6.07, 6.45) is 1.32. The van der Waals surface area contributed by atoms with E-state index in [1.807, 2.05) is 6.07 Å². The van der Waals surface area contributed by atoms with Crippen molar-refractivity contribution in [2.45, 2.75) is 0 Å². The van der Waals surface area contributed by atoms with E-state index in [0.29, 0.717) is 11.0 Å². The molecule has 0 fully saturated rings. The van der Waals surface area contributed by atoms with Crippen molar-refractivity contribution < 1.29 is 4.42 Å². The third-order valence-electron chi connectivity index (χ3n) is 1.88. The fourth-order valence-electron chi connectivity index (χ4n) is 1.22. The average molecular weight is 329 g/mol. The molecule has 0 aliphatic heterocycles. The number of rotatable bonds is 1. The second-order valence-electron chi connectivity index (χ2n) is 2.79. The van der Waals surface area contributed by atoms with E-state index in [0.717, 1.165) is 4.47 Å². The van der Waals surface area contributed by atoms with E-state index in [1.54, 1.807) is 12.1 Å². The van der Waals surface area contributed by atoms with Crippen molar-refractivity contribution in [3.63, 3.8) is 0 Å². The fourth-order valence-corrected chi connectivity index (χ4v) is 1.79. The zero-order valence-electron chi connectivity index (χ0n) is 7.36. The van der Waals surface area contributed by atoms with Crippen molar-refractivity contribution in [3.8, 4) is 0 Å². The average Bonchev–Trinajstić information content (AvgIpc) is 2.23. The summed E-state index contributed by atoms with van der Waals surface area (Å²) in [6, 6.07) is 5.25. The van der Waals surface area contributed by atoms with Gasteiger partial charge in [0.2, 0.25) is 0 Å². The molecule has 0 unspecified atom stereocenters. The quantitative estimate of drug-likeness (QED) is 0.595. The molecule has 0 amide bonds. The molecule has 1 aromatic heterocycles. The number of halogens is 1. The molecule has 74 valence electrons. The Labute approximate surface area is 101 Å². The zero-order chi connectivity index (χ0) is 10.8. The van der Waals surface area contributed by atoms with Gasteiger partial charge in [-0.15, -0.1) is 0 Å². The van der Waals surface area contributed by atoms with E-state index in [1.165, 1.54) is 6.26 Å². The van der Waals surface area contributed by atoms with Gasteiger partial charge < -0.3 is 0 Å². The third kappa shape index (κ3) is 2.01. The van der Waals surface area contributed by atoms with Gasteiger partial charge in [-0.05, 0) is 0 Å². The van der Waals surface area contributed by atoms with E-state index in [9.17, 15) is 4.79 Å². The Morgan fingerprint density at radius 2 is 2.27 bits per heavy atom. The van der Waals surface area contributed by atoms with E-state index in [2.05, 4.69) is 41.2 Å². The first-order valence-corrected chi connectivity index (χ1v) is 5.66. The maximum absolute atomic E-state index is 11.8. The van der Waals surface area contributed by atoms with Gasteiger partial charge in [0.25, 0.3) is 0 Å². The number of fused-ring (bicyclic) bond motifs is 1. The summed E-state index contributed by atoms with van der Waals surface area (Å²) in [5, 5.41) is 0.501. The fraction of sp³-hybridized carbons (Fsp3) is 0. The van der Waals surface area contributed by atoms with Gasteiger partial charge in [0, 0.05) is 0 Å². The topological polar surface area (TPSA) is 42.6 Å². The Hall–Kier alpha value is -0.991. The molecule has 0 bridgehead atoms. The number of aliphatic imine (C=N–C) groups is 1. The van der Waals surface area contributed by atoms with Gasteiger partial charge in [-0.1, -0.05) is 0 Å². The van der Waals surface area contributed by atoms with Crippen LogP contribution in [0.15, 0.2) is 43.1 Å². The monoisotopic (exact) mass is 329 g/mol. The van der Waals surface area contributed by atoms with Crippen LogP contribution in [-0.2, 0) is 0 Å². The van der Waals surface area contributed by atoms with Crippen LogP contribution in [0.1, 0.15) is 0 Å². The molecule has 1 heterocycles. The first-order chi connectivity index (χ1) is 7.22. The van der Waals surface area contributed by atoms with Gasteiger partial charge in [-0.25, -0.2) is 0 Å². The molecule has 0 spiro atoms. The molecule has 5 heteroatoms. The summed E-state index contributed by atoms with van der Waals surface area (Å²) < 4.78 is 8.52. The molecule has 0 N–H and O–H groups in total. The van der Waals surface area contributed by atoms with Crippen molar-refractivity contribution in [3.05, 3.63) is 39.2 Å². The summed E-state index contributed by atoms with van der Waals surface area (Å²) in [5.74, 6) is 0. The van der Waals surface area contributed by atoms with Gasteiger partial charge in [0.05, 0.1) is 0 Å². The van der Waals surface area contributed by atoms with Crippen LogP contribution in [0.3, 0.4) is 0 Å². The molecule has 0 saturated heterocycles. The number of nitrogens with zero attached hydrogens (tertiary/aromatic N) is 1. The molecule has 1 aromatic carbocycles. The molecule has 0 radical (unpaired) electrons. The molecule has 0 atom stereocenters. The van der Waals surface area contributed by atoms with Gasteiger partial charge in [0.15, 0.2) is 0 Å². The van der Waals surface area contributed by atoms with Crippen molar-refractivity contribution in [1.29, 1.82) is 0 Å². The van der Waals surface area contributed by atoms with Crippen molar-refractivity contribution in [1.82, 2.24) is 0 Å². The third-order valence-corrected chi connectivity index (χ3v) is 2.57. The van der Waals surface area contributed by atoms with E-state index >= 15 is 0 Å². The summed E-state index contributed by atoms with van der Waals surface area (Å²) in [4.78, 5) is 15.6. The van der Waals surface area contributed by atoms with Gasteiger partial charge >= 0.3 is 101 Å². The minimum atomic E-state index is -0.166.